The van der Waals surface area contributed by atoms with Crippen molar-refractivity contribution in [1.29, 1.82) is 0 Å². The SMILES string of the molecule is NC(=O)c1c(N2CCNCC2)nn2c1Nc1ccccc1CC2. The summed E-state index contributed by atoms with van der Waals surface area (Å²) in [6, 6.07) is 8.12. The summed E-state index contributed by atoms with van der Waals surface area (Å²) in [4.78, 5) is 14.2. The molecule has 4 N–H and O–H groups in total. The fraction of sp³-hybridized carbons (Fsp3) is 0.375. The molecule has 0 unspecified atom stereocenters. The van der Waals surface area contributed by atoms with E-state index in [4.69, 9.17) is 10.8 Å². The Morgan fingerprint density at radius 2 is 1.96 bits per heavy atom. The molecule has 1 aromatic heterocycles. The molecule has 7 heteroatoms. The quantitative estimate of drug-likeness (QED) is 0.759. The lowest BCUT2D eigenvalue weighted by Crippen LogP contribution is -2.44. The molecule has 3 heterocycles. The molecule has 0 atom stereocenters. The van der Waals surface area contributed by atoms with Crippen molar-refractivity contribution in [2.45, 2.75) is 13.0 Å². The van der Waals surface area contributed by atoms with Gasteiger partial charge in [-0.15, -0.1) is 0 Å². The van der Waals surface area contributed by atoms with Crippen LogP contribution in [-0.2, 0) is 13.0 Å². The molecule has 1 saturated heterocycles. The number of nitrogens with one attached hydrogen (secondary N) is 2. The third-order valence-electron chi connectivity index (χ3n) is 4.46. The molecule has 0 saturated carbocycles. The molecular formula is C16H20N6O. The molecule has 120 valence electrons. The first-order valence-corrected chi connectivity index (χ1v) is 7.95. The van der Waals surface area contributed by atoms with Gasteiger partial charge in [-0.2, -0.15) is 5.10 Å². The number of hydrogen-bond acceptors (Lipinski definition) is 5. The zero-order chi connectivity index (χ0) is 15.8. The van der Waals surface area contributed by atoms with Crippen LogP contribution in [0.2, 0.25) is 0 Å². The number of anilines is 3. The van der Waals surface area contributed by atoms with E-state index in [1.54, 1.807) is 0 Å². The van der Waals surface area contributed by atoms with Crippen LogP contribution in [0.15, 0.2) is 24.3 Å². The highest BCUT2D eigenvalue weighted by molar-refractivity contribution is 6.03. The van der Waals surface area contributed by atoms with Crippen LogP contribution in [-0.4, -0.2) is 41.9 Å². The second-order valence-electron chi connectivity index (χ2n) is 5.90. The van der Waals surface area contributed by atoms with E-state index in [9.17, 15) is 4.79 Å². The van der Waals surface area contributed by atoms with Crippen LogP contribution in [0.3, 0.4) is 0 Å². The van der Waals surface area contributed by atoms with Gasteiger partial charge in [0, 0.05) is 38.4 Å². The third-order valence-corrected chi connectivity index (χ3v) is 4.46. The second kappa shape index (κ2) is 5.58. The summed E-state index contributed by atoms with van der Waals surface area (Å²) in [6.45, 7) is 4.15. The lowest BCUT2D eigenvalue weighted by Gasteiger charge is -2.27. The van der Waals surface area contributed by atoms with E-state index >= 15 is 0 Å². The van der Waals surface area contributed by atoms with Crippen molar-refractivity contribution in [3.63, 3.8) is 0 Å². The van der Waals surface area contributed by atoms with E-state index in [1.165, 1.54) is 5.56 Å². The molecule has 2 aliphatic heterocycles. The number of carbonyl (C=O) groups is 1. The minimum atomic E-state index is -0.438. The Balaban J connectivity index is 1.79. The normalized spacial score (nSPS) is 17.0. The fourth-order valence-electron chi connectivity index (χ4n) is 3.28. The van der Waals surface area contributed by atoms with Crippen molar-refractivity contribution in [3.05, 3.63) is 35.4 Å². The number of amides is 1. The minimum Gasteiger partial charge on any atom is -0.365 e. The van der Waals surface area contributed by atoms with Crippen molar-refractivity contribution >= 4 is 23.2 Å². The molecule has 4 rings (SSSR count). The Morgan fingerprint density at radius 1 is 1.17 bits per heavy atom. The van der Waals surface area contributed by atoms with Crippen molar-refractivity contribution in [2.24, 2.45) is 5.73 Å². The summed E-state index contributed by atoms with van der Waals surface area (Å²) >= 11 is 0. The predicted octanol–water partition coefficient (Wildman–Crippen LogP) is 0.691. The molecule has 2 aromatic rings. The van der Waals surface area contributed by atoms with E-state index in [-0.39, 0.29) is 0 Å². The molecule has 23 heavy (non-hydrogen) atoms. The van der Waals surface area contributed by atoms with Gasteiger partial charge in [0.25, 0.3) is 5.91 Å². The summed E-state index contributed by atoms with van der Waals surface area (Å²) in [5.74, 6) is 0.962. The first-order chi connectivity index (χ1) is 11.2. The van der Waals surface area contributed by atoms with Crippen molar-refractivity contribution < 1.29 is 4.79 Å². The number of nitrogens with zero attached hydrogens (tertiary/aromatic N) is 3. The van der Waals surface area contributed by atoms with Crippen molar-refractivity contribution in [1.82, 2.24) is 15.1 Å². The minimum absolute atomic E-state index is 0.438. The molecule has 0 aliphatic carbocycles. The second-order valence-corrected chi connectivity index (χ2v) is 5.90. The maximum absolute atomic E-state index is 12.1. The summed E-state index contributed by atoms with van der Waals surface area (Å²) < 4.78 is 1.87. The number of rotatable bonds is 2. The van der Waals surface area contributed by atoms with Crippen LogP contribution in [0.5, 0.6) is 0 Å². The van der Waals surface area contributed by atoms with Crippen molar-refractivity contribution in [2.75, 3.05) is 36.4 Å². The molecule has 2 aliphatic rings. The number of nitrogens with two attached hydrogens (primary N) is 1. The predicted molar refractivity (Wildman–Crippen MR) is 89.3 cm³/mol. The third kappa shape index (κ3) is 2.43. The van der Waals surface area contributed by atoms with Crippen LogP contribution in [0.4, 0.5) is 17.3 Å². The lowest BCUT2D eigenvalue weighted by atomic mass is 10.1. The highest BCUT2D eigenvalue weighted by atomic mass is 16.1. The van der Waals surface area contributed by atoms with Gasteiger partial charge < -0.3 is 21.3 Å². The molecule has 1 amide bonds. The van der Waals surface area contributed by atoms with Crippen LogP contribution in [0.25, 0.3) is 0 Å². The van der Waals surface area contributed by atoms with Gasteiger partial charge in [-0.3, -0.25) is 4.79 Å². The number of benzene rings is 1. The number of carbonyl (C=O) groups excluding carboxylic acids is 1. The monoisotopic (exact) mass is 312 g/mol. The maximum Gasteiger partial charge on any atom is 0.256 e. The summed E-state index contributed by atoms with van der Waals surface area (Å²) in [7, 11) is 0. The number of fused-ring (bicyclic) bond motifs is 2. The first-order valence-electron chi connectivity index (χ1n) is 7.95. The average molecular weight is 312 g/mol. The van der Waals surface area contributed by atoms with E-state index < -0.39 is 5.91 Å². The van der Waals surface area contributed by atoms with E-state index in [1.807, 2.05) is 22.9 Å². The topological polar surface area (TPSA) is 88.2 Å². The first kappa shape index (κ1) is 14.1. The van der Waals surface area contributed by atoms with Crippen molar-refractivity contribution in [3.8, 4) is 0 Å². The summed E-state index contributed by atoms with van der Waals surface area (Å²) in [6.07, 6.45) is 0.872. The standard InChI is InChI=1S/C16H20N6O/c17-14(23)13-15-19-12-4-2-1-3-11(12)5-8-22(15)20-16(13)21-9-6-18-7-10-21/h1-4,18-19H,5-10H2,(H2,17,23). The maximum atomic E-state index is 12.1. The number of primary amides is 1. The Kier molecular flexibility index (Phi) is 3.42. The molecule has 0 spiro atoms. The highest BCUT2D eigenvalue weighted by Gasteiger charge is 2.28. The number of aryl methyl sites for hydroxylation is 2. The zero-order valence-electron chi connectivity index (χ0n) is 12.9. The summed E-state index contributed by atoms with van der Waals surface area (Å²) in [5.41, 5.74) is 8.41. The summed E-state index contributed by atoms with van der Waals surface area (Å²) in [5, 5.41) is 11.4. The van der Waals surface area contributed by atoms with Crippen LogP contribution in [0, 0.1) is 0 Å². The molecule has 0 radical (unpaired) electrons. The van der Waals surface area contributed by atoms with Gasteiger partial charge in [-0.1, -0.05) is 18.2 Å². The Morgan fingerprint density at radius 3 is 2.74 bits per heavy atom. The van der Waals surface area contributed by atoms with E-state index in [0.717, 1.165) is 44.8 Å². The molecular weight excluding hydrogens is 292 g/mol. The largest absolute Gasteiger partial charge is 0.365 e. The Bertz CT molecular complexity index is 747. The number of hydrogen-bond donors (Lipinski definition) is 3. The molecule has 1 aromatic carbocycles. The fourth-order valence-corrected chi connectivity index (χ4v) is 3.28. The Labute approximate surface area is 134 Å². The van der Waals surface area contributed by atoms with Crippen LogP contribution >= 0.6 is 0 Å². The average Bonchev–Trinajstić information content (AvgIpc) is 2.84. The van der Waals surface area contributed by atoms with Crippen LogP contribution < -0.4 is 21.3 Å². The van der Waals surface area contributed by atoms with Gasteiger partial charge in [-0.05, 0) is 18.1 Å². The van der Waals surface area contributed by atoms with Gasteiger partial charge in [0.2, 0.25) is 0 Å². The number of para-hydroxylation sites is 1. The smallest absolute Gasteiger partial charge is 0.256 e. The molecule has 0 bridgehead atoms. The van der Waals surface area contributed by atoms with Gasteiger partial charge in [0.05, 0.1) is 0 Å². The van der Waals surface area contributed by atoms with E-state index in [0.29, 0.717) is 17.2 Å². The van der Waals surface area contributed by atoms with Gasteiger partial charge in [0.1, 0.15) is 11.4 Å². The van der Waals surface area contributed by atoms with Gasteiger partial charge in [-0.25, -0.2) is 4.68 Å². The Hall–Kier alpha value is -2.54. The highest BCUT2D eigenvalue weighted by Crippen LogP contribution is 2.33. The zero-order valence-corrected chi connectivity index (χ0v) is 12.9. The number of aromatic nitrogens is 2. The number of piperazine rings is 1. The van der Waals surface area contributed by atoms with Gasteiger partial charge in [0.15, 0.2) is 5.82 Å². The van der Waals surface area contributed by atoms with Gasteiger partial charge >= 0.3 is 0 Å². The molecule has 1 fully saturated rings. The lowest BCUT2D eigenvalue weighted by molar-refractivity contribution is 0.100. The van der Waals surface area contributed by atoms with Crippen LogP contribution in [0.1, 0.15) is 15.9 Å². The molecule has 7 nitrogen and oxygen atoms in total. The van der Waals surface area contributed by atoms with E-state index in [2.05, 4.69) is 21.6 Å².